The Morgan fingerprint density at radius 2 is 1.71 bits per heavy atom. The molecule has 31 heavy (non-hydrogen) atoms. The molecule has 3 rings (SSSR count). The van der Waals surface area contributed by atoms with Crippen LogP contribution in [0.2, 0.25) is 0 Å². The van der Waals surface area contributed by atoms with E-state index in [9.17, 15) is 13.2 Å². The van der Waals surface area contributed by atoms with Gasteiger partial charge in [0.05, 0.1) is 37.7 Å². The number of carbonyl (C=O) groups excluding carboxylic acids is 1. The van der Waals surface area contributed by atoms with Crippen molar-refractivity contribution in [2.24, 2.45) is 0 Å². The van der Waals surface area contributed by atoms with Gasteiger partial charge in [-0.25, -0.2) is 8.42 Å². The fourth-order valence-electron chi connectivity index (χ4n) is 3.71. The highest BCUT2D eigenvalue weighted by Gasteiger charge is 2.38. The van der Waals surface area contributed by atoms with E-state index in [-0.39, 0.29) is 17.9 Å². The summed E-state index contributed by atoms with van der Waals surface area (Å²) in [6, 6.07) is 9.43. The Bertz CT molecular complexity index is 1040. The standard InChI is InChI=1S/C22H26BrNO6S/c1-4-29-20-12-15-10-11-24(31(26,27)17-8-6-16(23)7-9-17)19(14-22(25)28-3)18(15)13-21(20)30-5-2/h6-9,12-13,19H,4-5,10-11,14H2,1-3H3/t19-/m1/s1. The molecule has 2 aromatic rings. The van der Waals surface area contributed by atoms with Gasteiger partial charge in [0.25, 0.3) is 0 Å². The topological polar surface area (TPSA) is 82.1 Å². The number of esters is 1. The molecule has 0 saturated heterocycles. The number of hydrogen-bond donors (Lipinski definition) is 0. The quantitative estimate of drug-likeness (QED) is 0.496. The molecule has 0 bridgehead atoms. The van der Waals surface area contributed by atoms with Crippen LogP contribution in [0.25, 0.3) is 0 Å². The molecule has 0 fully saturated rings. The summed E-state index contributed by atoms with van der Waals surface area (Å²) in [4.78, 5) is 12.4. The summed E-state index contributed by atoms with van der Waals surface area (Å²) in [5.74, 6) is 0.658. The van der Waals surface area contributed by atoms with Gasteiger partial charge in [0.1, 0.15) is 0 Å². The predicted molar refractivity (Wildman–Crippen MR) is 120 cm³/mol. The molecule has 0 aromatic heterocycles. The van der Waals surface area contributed by atoms with E-state index in [1.54, 1.807) is 30.3 Å². The summed E-state index contributed by atoms with van der Waals surface area (Å²) in [6.45, 7) is 4.91. The molecule has 0 unspecified atom stereocenters. The predicted octanol–water partition coefficient (Wildman–Crippen LogP) is 4.10. The van der Waals surface area contributed by atoms with E-state index in [0.29, 0.717) is 31.1 Å². The van der Waals surface area contributed by atoms with Crippen molar-refractivity contribution in [2.45, 2.75) is 37.6 Å². The third-order valence-corrected chi connectivity index (χ3v) is 7.57. The summed E-state index contributed by atoms with van der Waals surface area (Å²) in [7, 11) is -2.54. The van der Waals surface area contributed by atoms with Crippen molar-refractivity contribution in [3.63, 3.8) is 0 Å². The number of rotatable bonds is 8. The Morgan fingerprint density at radius 1 is 1.10 bits per heavy atom. The average molecular weight is 512 g/mol. The summed E-state index contributed by atoms with van der Waals surface area (Å²) in [5, 5.41) is 0. The van der Waals surface area contributed by atoms with Crippen LogP contribution >= 0.6 is 15.9 Å². The van der Waals surface area contributed by atoms with Crippen LogP contribution in [-0.2, 0) is 26.0 Å². The molecule has 0 saturated carbocycles. The van der Waals surface area contributed by atoms with E-state index >= 15 is 0 Å². The largest absolute Gasteiger partial charge is 0.490 e. The fraction of sp³-hybridized carbons (Fsp3) is 0.409. The van der Waals surface area contributed by atoms with Gasteiger partial charge in [0.15, 0.2) is 11.5 Å². The molecule has 1 heterocycles. The van der Waals surface area contributed by atoms with Crippen LogP contribution in [0.4, 0.5) is 0 Å². The molecular formula is C22H26BrNO6S. The van der Waals surface area contributed by atoms with Crippen LogP contribution in [0, 0.1) is 0 Å². The molecule has 0 aliphatic carbocycles. The second-order valence-corrected chi connectivity index (χ2v) is 9.79. The van der Waals surface area contributed by atoms with Crippen LogP contribution in [0.5, 0.6) is 11.5 Å². The van der Waals surface area contributed by atoms with Gasteiger partial charge in [-0.05, 0) is 67.8 Å². The zero-order valence-electron chi connectivity index (χ0n) is 17.8. The maximum atomic E-state index is 13.5. The zero-order chi connectivity index (χ0) is 22.6. The van der Waals surface area contributed by atoms with Gasteiger partial charge in [0, 0.05) is 11.0 Å². The molecule has 9 heteroatoms. The molecule has 168 valence electrons. The lowest BCUT2D eigenvalue weighted by Crippen LogP contribution is -2.41. The first-order valence-electron chi connectivity index (χ1n) is 10.1. The van der Waals surface area contributed by atoms with Gasteiger partial charge in [-0.15, -0.1) is 0 Å². The van der Waals surface area contributed by atoms with Gasteiger partial charge in [-0.2, -0.15) is 4.31 Å². The number of methoxy groups -OCH3 is 1. The lowest BCUT2D eigenvalue weighted by Gasteiger charge is -2.36. The smallest absolute Gasteiger partial charge is 0.307 e. The minimum atomic E-state index is -3.84. The molecule has 0 radical (unpaired) electrons. The van der Waals surface area contributed by atoms with Crippen molar-refractivity contribution in [1.29, 1.82) is 0 Å². The Balaban J connectivity index is 2.10. The first kappa shape index (κ1) is 23.6. The number of nitrogens with zero attached hydrogens (tertiary/aromatic N) is 1. The zero-order valence-corrected chi connectivity index (χ0v) is 20.2. The van der Waals surface area contributed by atoms with Gasteiger partial charge in [-0.3, -0.25) is 4.79 Å². The van der Waals surface area contributed by atoms with E-state index in [1.807, 2.05) is 19.9 Å². The second kappa shape index (κ2) is 10.0. The van der Waals surface area contributed by atoms with Crippen molar-refractivity contribution in [3.05, 3.63) is 52.0 Å². The molecular weight excluding hydrogens is 486 g/mol. The van der Waals surface area contributed by atoms with Crippen LogP contribution in [0.1, 0.15) is 37.4 Å². The van der Waals surface area contributed by atoms with Crippen molar-refractivity contribution in [2.75, 3.05) is 26.9 Å². The Kier molecular flexibility index (Phi) is 7.61. The Morgan fingerprint density at radius 3 is 2.29 bits per heavy atom. The average Bonchev–Trinajstić information content (AvgIpc) is 2.75. The minimum Gasteiger partial charge on any atom is -0.490 e. The summed E-state index contributed by atoms with van der Waals surface area (Å²) in [5.41, 5.74) is 1.66. The summed E-state index contributed by atoms with van der Waals surface area (Å²) in [6.07, 6.45) is 0.397. The molecule has 0 spiro atoms. The monoisotopic (exact) mass is 511 g/mol. The number of fused-ring (bicyclic) bond motifs is 1. The second-order valence-electron chi connectivity index (χ2n) is 6.98. The van der Waals surface area contributed by atoms with Crippen molar-refractivity contribution in [1.82, 2.24) is 4.31 Å². The number of sulfonamides is 1. The van der Waals surface area contributed by atoms with Crippen LogP contribution in [-0.4, -0.2) is 45.6 Å². The number of carbonyl (C=O) groups is 1. The lowest BCUT2D eigenvalue weighted by atomic mass is 9.91. The van der Waals surface area contributed by atoms with Crippen molar-refractivity contribution >= 4 is 31.9 Å². The van der Waals surface area contributed by atoms with E-state index in [2.05, 4.69) is 15.9 Å². The maximum Gasteiger partial charge on any atom is 0.307 e. The van der Waals surface area contributed by atoms with E-state index in [4.69, 9.17) is 14.2 Å². The van der Waals surface area contributed by atoms with Crippen LogP contribution in [0.15, 0.2) is 45.8 Å². The van der Waals surface area contributed by atoms with Crippen LogP contribution < -0.4 is 9.47 Å². The Labute approximate surface area is 191 Å². The SMILES string of the molecule is CCOc1cc2c(cc1OCC)[C@@H](CC(=O)OC)N(S(=O)(=O)c1ccc(Br)cc1)CC2. The number of halogens is 1. The summed E-state index contributed by atoms with van der Waals surface area (Å²) >= 11 is 3.33. The van der Waals surface area contributed by atoms with E-state index < -0.39 is 22.0 Å². The molecule has 1 aliphatic heterocycles. The van der Waals surface area contributed by atoms with Gasteiger partial charge in [-0.1, -0.05) is 15.9 Å². The van der Waals surface area contributed by atoms with Gasteiger partial charge >= 0.3 is 5.97 Å². The third-order valence-electron chi connectivity index (χ3n) is 5.12. The number of benzene rings is 2. The first-order valence-corrected chi connectivity index (χ1v) is 12.3. The summed E-state index contributed by atoms with van der Waals surface area (Å²) < 4.78 is 45.4. The molecule has 7 nitrogen and oxygen atoms in total. The van der Waals surface area contributed by atoms with Gasteiger partial charge in [0.2, 0.25) is 10.0 Å². The molecule has 1 atom stereocenters. The highest BCUT2D eigenvalue weighted by molar-refractivity contribution is 9.10. The normalized spacial score (nSPS) is 16.5. The molecule has 0 amide bonds. The van der Waals surface area contributed by atoms with Crippen molar-refractivity contribution in [3.8, 4) is 11.5 Å². The first-order chi connectivity index (χ1) is 14.8. The van der Waals surface area contributed by atoms with E-state index in [0.717, 1.165) is 15.6 Å². The van der Waals surface area contributed by atoms with Gasteiger partial charge < -0.3 is 14.2 Å². The van der Waals surface area contributed by atoms with Crippen molar-refractivity contribution < 1.29 is 27.4 Å². The highest BCUT2D eigenvalue weighted by Crippen LogP contribution is 2.42. The van der Waals surface area contributed by atoms with Crippen LogP contribution in [0.3, 0.4) is 0 Å². The highest BCUT2D eigenvalue weighted by atomic mass is 79.9. The molecule has 0 N–H and O–H groups in total. The molecule has 2 aromatic carbocycles. The number of ether oxygens (including phenoxy) is 3. The fourth-order valence-corrected chi connectivity index (χ4v) is 5.58. The van der Waals surface area contributed by atoms with E-state index in [1.165, 1.54) is 11.4 Å². The molecule has 1 aliphatic rings. The third kappa shape index (κ3) is 5.05. The number of hydrogen-bond acceptors (Lipinski definition) is 6. The lowest BCUT2D eigenvalue weighted by molar-refractivity contribution is -0.141. The Hall–Kier alpha value is -2.10. The minimum absolute atomic E-state index is 0.0984. The maximum absolute atomic E-state index is 13.5.